The molecule has 6 heteroatoms. The number of amides is 1. The standard InChI is InChI=1S/C21H32FN3O2/c1-15(14-27-2)24-20(26)13-25-12-18(16-7-6-8-17(22)11-16)21-19(25)9-4-3-5-10-23-21/h6-8,11,15,18-19,21,23H,3-5,9-10,12-14H2,1-2H3,(H,24,26)/t15-,18-,19+,21-/m0/s1. The highest BCUT2D eigenvalue weighted by Gasteiger charge is 2.42. The topological polar surface area (TPSA) is 53.6 Å². The lowest BCUT2D eigenvalue weighted by Gasteiger charge is -2.31. The van der Waals surface area contributed by atoms with E-state index in [4.69, 9.17) is 4.74 Å². The van der Waals surface area contributed by atoms with E-state index in [0.29, 0.717) is 19.2 Å². The van der Waals surface area contributed by atoms with E-state index in [1.54, 1.807) is 19.2 Å². The minimum Gasteiger partial charge on any atom is -0.383 e. The van der Waals surface area contributed by atoms with Gasteiger partial charge in [0.1, 0.15) is 5.82 Å². The maximum absolute atomic E-state index is 13.8. The van der Waals surface area contributed by atoms with Crippen LogP contribution in [0.1, 0.15) is 44.1 Å². The van der Waals surface area contributed by atoms with Crippen LogP contribution in [0.4, 0.5) is 4.39 Å². The van der Waals surface area contributed by atoms with Crippen molar-refractivity contribution < 1.29 is 13.9 Å². The van der Waals surface area contributed by atoms with E-state index in [1.165, 1.54) is 25.3 Å². The second kappa shape index (κ2) is 9.62. The molecule has 150 valence electrons. The third-order valence-electron chi connectivity index (χ3n) is 5.75. The Morgan fingerprint density at radius 3 is 3.04 bits per heavy atom. The fourth-order valence-electron chi connectivity index (χ4n) is 4.59. The summed E-state index contributed by atoms with van der Waals surface area (Å²) < 4.78 is 18.9. The Morgan fingerprint density at radius 2 is 2.26 bits per heavy atom. The number of ether oxygens (including phenoxy) is 1. The van der Waals surface area contributed by atoms with Crippen molar-refractivity contribution in [3.05, 3.63) is 35.6 Å². The van der Waals surface area contributed by atoms with Gasteiger partial charge in [-0.3, -0.25) is 9.69 Å². The van der Waals surface area contributed by atoms with E-state index >= 15 is 0 Å². The van der Waals surface area contributed by atoms with Crippen LogP contribution < -0.4 is 10.6 Å². The van der Waals surface area contributed by atoms with Crippen LogP contribution in [0.5, 0.6) is 0 Å². The van der Waals surface area contributed by atoms with Crippen LogP contribution in [0.2, 0.25) is 0 Å². The van der Waals surface area contributed by atoms with Crippen molar-refractivity contribution in [3.8, 4) is 0 Å². The summed E-state index contributed by atoms with van der Waals surface area (Å²) in [7, 11) is 1.64. The Bertz CT molecular complexity index is 627. The Balaban J connectivity index is 1.74. The number of benzene rings is 1. The molecule has 1 amide bonds. The number of nitrogens with one attached hydrogen (secondary N) is 2. The Labute approximate surface area is 161 Å². The molecule has 0 aromatic heterocycles. The van der Waals surface area contributed by atoms with Crippen molar-refractivity contribution in [1.29, 1.82) is 0 Å². The zero-order valence-electron chi connectivity index (χ0n) is 16.4. The number of nitrogens with zero attached hydrogens (tertiary/aromatic N) is 1. The van der Waals surface area contributed by atoms with E-state index in [0.717, 1.165) is 25.1 Å². The monoisotopic (exact) mass is 377 g/mol. The number of rotatable bonds is 6. The first-order chi connectivity index (χ1) is 13.1. The first kappa shape index (κ1) is 20.2. The van der Waals surface area contributed by atoms with Crippen LogP contribution in [0.25, 0.3) is 0 Å². The molecule has 1 aromatic carbocycles. The van der Waals surface area contributed by atoms with E-state index in [1.807, 2.05) is 13.0 Å². The highest BCUT2D eigenvalue weighted by Crippen LogP contribution is 2.35. The molecular weight excluding hydrogens is 345 g/mol. The number of fused-ring (bicyclic) bond motifs is 1. The van der Waals surface area contributed by atoms with Gasteiger partial charge in [-0.15, -0.1) is 0 Å². The molecule has 27 heavy (non-hydrogen) atoms. The summed E-state index contributed by atoms with van der Waals surface area (Å²) >= 11 is 0. The number of carbonyl (C=O) groups excluding carboxylic acids is 1. The molecule has 1 aromatic rings. The maximum Gasteiger partial charge on any atom is 0.234 e. The van der Waals surface area contributed by atoms with Gasteiger partial charge >= 0.3 is 0 Å². The smallest absolute Gasteiger partial charge is 0.234 e. The lowest BCUT2D eigenvalue weighted by atomic mass is 9.88. The largest absolute Gasteiger partial charge is 0.383 e. The summed E-state index contributed by atoms with van der Waals surface area (Å²) in [6, 6.07) is 7.49. The van der Waals surface area contributed by atoms with Crippen LogP contribution in [0.15, 0.2) is 24.3 Å². The van der Waals surface area contributed by atoms with Crippen LogP contribution in [0.3, 0.4) is 0 Å². The third-order valence-corrected chi connectivity index (χ3v) is 5.75. The van der Waals surface area contributed by atoms with Gasteiger partial charge in [0, 0.05) is 37.7 Å². The number of hydrogen-bond donors (Lipinski definition) is 2. The molecule has 2 fully saturated rings. The number of hydrogen-bond acceptors (Lipinski definition) is 4. The van der Waals surface area contributed by atoms with Crippen molar-refractivity contribution >= 4 is 5.91 Å². The molecule has 2 saturated heterocycles. The predicted octanol–water partition coefficient (Wildman–Crippen LogP) is 2.28. The predicted molar refractivity (Wildman–Crippen MR) is 104 cm³/mol. The molecule has 2 aliphatic heterocycles. The molecular formula is C21H32FN3O2. The molecule has 3 rings (SSSR count). The summed E-state index contributed by atoms with van der Waals surface area (Å²) in [6.07, 6.45) is 4.64. The normalized spacial score (nSPS) is 27.4. The molecule has 0 unspecified atom stereocenters. The first-order valence-electron chi connectivity index (χ1n) is 10.1. The summed E-state index contributed by atoms with van der Waals surface area (Å²) in [5.74, 6) is 0.0349. The molecule has 2 N–H and O–H groups in total. The van der Waals surface area contributed by atoms with Gasteiger partial charge in [0.05, 0.1) is 13.2 Å². The number of halogens is 1. The molecule has 5 nitrogen and oxygen atoms in total. The summed E-state index contributed by atoms with van der Waals surface area (Å²) in [4.78, 5) is 14.8. The van der Waals surface area contributed by atoms with Gasteiger partial charge < -0.3 is 15.4 Å². The Morgan fingerprint density at radius 1 is 1.41 bits per heavy atom. The van der Waals surface area contributed by atoms with E-state index in [2.05, 4.69) is 15.5 Å². The number of methoxy groups -OCH3 is 1. The van der Waals surface area contributed by atoms with E-state index in [9.17, 15) is 9.18 Å². The zero-order valence-corrected chi connectivity index (χ0v) is 16.4. The van der Waals surface area contributed by atoms with Crippen molar-refractivity contribution in [3.63, 3.8) is 0 Å². The van der Waals surface area contributed by atoms with Crippen LogP contribution in [0, 0.1) is 5.82 Å². The highest BCUT2D eigenvalue weighted by atomic mass is 19.1. The number of likely N-dealkylation sites (tertiary alicyclic amines) is 1. The third kappa shape index (κ3) is 5.27. The highest BCUT2D eigenvalue weighted by molar-refractivity contribution is 5.78. The summed E-state index contributed by atoms with van der Waals surface area (Å²) in [5.41, 5.74) is 1.02. The molecule has 0 aliphatic carbocycles. The molecule has 0 spiro atoms. The van der Waals surface area contributed by atoms with Gasteiger partial charge in [-0.1, -0.05) is 25.0 Å². The average molecular weight is 378 g/mol. The lowest BCUT2D eigenvalue weighted by molar-refractivity contribution is -0.123. The molecule has 4 atom stereocenters. The summed E-state index contributed by atoms with van der Waals surface area (Å²) in [6.45, 7) is 4.59. The minimum atomic E-state index is -0.195. The van der Waals surface area contributed by atoms with Crippen LogP contribution >= 0.6 is 0 Å². The van der Waals surface area contributed by atoms with Gasteiger partial charge in [0.25, 0.3) is 0 Å². The second-order valence-corrected chi connectivity index (χ2v) is 7.91. The van der Waals surface area contributed by atoms with Crippen LogP contribution in [-0.2, 0) is 9.53 Å². The molecule has 2 heterocycles. The quantitative estimate of drug-likeness (QED) is 0.799. The number of carbonyl (C=O) groups is 1. The first-order valence-corrected chi connectivity index (χ1v) is 10.1. The minimum absolute atomic E-state index is 0.00428. The maximum atomic E-state index is 13.8. The van der Waals surface area contributed by atoms with E-state index < -0.39 is 0 Å². The lowest BCUT2D eigenvalue weighted by Crippen LogP contribution is -2.48. The fraction of sp³-hybridized carbons (Fsp3) is 0.667. The van der Waals surface area contributed by atoms with Gasteiger partial charge in [0.2, 0.25) is 5.91 Å². The fourth-order valence-corrected chi connectivity index (χ4v) is 4.59. The van der Waals surface area contributed by atoms with Gasteiger partial charge in [-0.05, 0) is 44.0 Å². The van der Waals surface area contributed by atoms with Crippen LogP contribution in [-0.4, -0.2) is 62.3 Å². The SMILES string of the molecule is COC[C@H](C)NC(=O)CN1C[C@@H](c2cccc(F)c2)[C@@H]2NCCCCC[C@H]21. The van der Waals surface area contributed by atoms with Gasteiger partial charge in [-0.25, -0.2) is 4.39 Å². The van der Waals surface area contributed by atoms with Gasteiger partial charge in [-0.2, -0.15) is 0 Å². The van der Waals surface area contributed by atoms with Crippen molar-refractivity contribution in [2.24, 2.45) is 0 Å². The molecule has 0 saturated carbocycles. The Hall–Kier alpha value is -1.50. The van der Waals surface area contributed by atoms with E-state index in [-0.39, 0.29) is 29.7 Å². The Kier molecular flexibility index (Phi) is 7.21. The van der Waals surface area contributed by atoms with Gasteiger partial charge in [0.15, 0.2) is 0 Å². The van der Waals surface area contributed by atoms with Crippen molar-refractivity contribution in [2.75, 3.05) is 33.4 Å². The molecule has 0 bridgehead atoms. The van der Waals surface area contributed by atoms with Crippen molar-refractivity contribution in [1.82, 2.24) is 15.5 Å². The average Bonchev–Trinajstić information content (AvgIpc) is 2.91. The second-order valence-electron chi connectivity index (χ2n) is 7.91. The summed E-state index contributed by atoms with van der Waals surface area (Å²) in [5, 5.41) is 6.71. The zero-order chi connectivity index (χ0) is 19.2. The molecule has 2 aliphatic rings. The van der Waals surface area contributed by atoms with Crippen molar-refractivity contribution in [2.45, 2.75) is 56.7 Å². The molecule has 0 radical (unpaired) electrons.